The van der Waals surface area contributed by atoms with Crippen LogP contribution in [0.1, 0.15) is 32.1 Å². The molecule has 30 heavy (non-hydrogen) atoms. The van der Waals surface area contributed by atoms with Crippen LogP contribution in [0.3, 0.4) is 0 Å². The van der Waals surface area contributed by atoms with Crippen molar-refractivity contribution in [2.24, 2.45) is 0 Å². The SMILES string of the molecule is O=C(C[C@@H]1C(=O)N(c2cccc(F)c2)C(=O)N1C1CCCC1)Nc1cccc(F)c1. The highest BCUT2D eigenvalue weighted by molar-refractivity contribution is 6.22. The lowest BCUT2D eigenvalue weighted by Gasteiger charge is -2.27. The summed E-state index contributed by atoms with van der Waals surface area (Å²) in [6.07, 6.45) is 3.11. The lowest BCUT2D eigenvalue weighted by Crippen LogP contribution is -2.43. The number of nitrogens with zero attached hydrogens (tertiary/aromatic N) is 2. The maximum Gasteiger partial charge on any atom is 0.332 e. The summed E-state index contributed by atoms with van der Waals surface area (Å²) in [5.74, 6) is -2.12. The largest absolute Gasteiger partial charge is 0.332 e. The summed E-state index contributed by atoms with van der Waals surface area (Å²) in [5.41, 5.74) is 0.409. The maximum atomic E-state index is 13.7. The Morgan fingerprint density at radius 1 is 1.00 bits per heavy atom. The van der Waals surface area contributed by atoms with Gasteiger partial charge in [-0.15, -0.1) is 0 Å². The van der Waals surface area contributed by atoms with Crippen molar-refractivity contribution in [1.29, 1.82) is 0 Å². The van der Waals surface area contributed by atoms with Crippen molar-refractivity contribution in [3.8, 4) is 0 Å². The molecule has 2 fully saturated rings. The number of carbonyl (C=O) groups is 3. The molecule has 0 spiro atoms. The zero-order chi connectivity index (χ0) is 21.3. The van der Waals surface area contributed by atoms with Crippen LogP contribution in [0, 0.1) is 11.6 Å². The van der Waals surface area contributed by atoms with Gasteiger partial charge in [-0.3, -0.25) is 9.59 Å². The van der Waals surface area contributed by atoms with Gasteiger partial charge in [0.15, 0.2) is 0 Å². The first kappa shape index (κ1) is 20.0. The summed E-state index contributed by atoms with van der Waals surface area (Å²) < 4.78 is 27.1. The van der Waals surface area contributed by atoms with Crippen molar-refractivity contribution in [2.45, 2.75) is 44.2 Å². The van der Waals surface area contributed by atoms with E-state index >= 15 is 0 Å². The number of anilines is 2. The van der Waals surface area contributed by atoms with Gasteiger partial charge in [0.25, 0.3) is 5.91 Å². The van der Waals surface area contributed by atoms with Crippen molar-refractivity contribution in [3.05, 3.63) is 60.2 Å². The molecular weight excluding hydrogens is 392 g/mol. The topological polar surface area (TPSA) is 69.7 Å². The quantitative estimate of drug-likeness (QED) is 0.752. The van der Waals surface area contributed by atoms with Crippen molar-refractivity contribution in [3.63, 3.8) is 0 Å². The minimum Gasteiger partial charge on any atom is -0.326 e. The predicted octanol–water partition coefficient (Wildman–Crippen LogP) is 4.07. The van der Waals surface area contributed by atoms with E-state index in [1.165, 1.54) is 47.4 Å². The molecule has 6 nitrogen and oxygen atoms in total. The first-order valence-electron chi connectivity index (χ1n) is 9.91. The van der Waals surface area contributed by atoms with E-state index in [4.69, 9.17) is 0 Å². The molecule has 1 N–H and O–H groups in total. The van der Waals surface area contributed by atoms with Crippen molar-refractivity contribution in [1.82, 2.24) is 4.90 Å². The molecule has 2 aliphatic rings. The first-order valence-corrected chi connectivity index (χ1v) is 9.91. The Labute approximate surface area is 172 Å². The first-order chi connectivity index (χ1) is 14.4. The predicted molar refractivity (Wildman–Crippen MR) is 107 cm³/mol. The van der Waals surface area contributed by atoms with Gasteiger partial charge in [-0.2, -0.15) is 0 Å². The normalized spacial score (nSPS) is 19.6. The number of imide groups is 1. The molecule has 156 valence electrons. The molecule has 0 radical (unpaired) electrons. The van der Waals surface area contributed by atoms with Crippen LogP contribution in [0.4, 0.5) is 25.0 Å². The van der Waals surface area contributed by atoms with Crippen LogP contribution in [-0.2, 0) is 9.59 Å². The molecule has 0 unspecified atom stereocenters. The highest BCUT2D eigenvalue weighted by Gasteiger charge is 2.49. The summed E-state index contributed by atoms with van der Waals surface area (Å²) in [4.78, 5) is 41.3. The van der Waals surface area contributed by atoms with E-state index in [2.05, 4.69) is 5.32 Å². The van der Waals surface area contributed by atoms with E-state index in [-0.39, 0.29) is 23.8 Å². The summed E-state index contributed by atoms with van der Waals surface area (Å²) in [6.45, 7) is 0. The van der Waals surface area contributed by atoms with E-state index in [0.29, 0.717) is 0 Å². The Kier molecular flexibility index (Phi) is 5.48. The molecule has 8 heteroatoms. The monoisotopic (exact) mass is 413 g/mol. The fourth-order valence-corrected chi connectivity index (χ4v) is 4.20. The van der Waals surface area contributed by atoms with Gasteiger partial charge >= 0.3 is 6.03 Å². The summed E-state index contributed by atoms with van der Waals surface area (Å²) in [7, 11) is 0. The molecule has 1 saturated heterocycles. The Bertz CT molecular complexity index is 991. The van der Waals surface area contributed by atoms with Crippen molar-refractivity contribution >= 4 is 29.2 Å². The Morgan fingerprint density at radius 2 is 1.67 bits per heavy atom. The number of amides is 4. The molecule has 1 aliphatic carbocycles. The van der Waals surface area contributed by atoms with E-state index in [0.717, 1.165) is 36.6 Å². The van der Waals surface area contributed by atoms with Crippen LogP contribution in [0.5, 0.6) is 0 Å². The van der Waals surface area contributed by atoms with Gasteiger partial charge < -0.3 is 10.2 Å². The van der Waals surface area contributed by atoms with Gasteiger partial charge in [0.05, 0.1) is 12.1 Å². The minimum absolute atomic E-state index is 0.140. The number of benzene rings is 2. The Balaban J connectivity index is 1.59. The molecule has 1 aliphatic heterocycles. The average Bonchev–Trinajstić information content (AvgIpc) is 3.29. The number of hydrogen-bond acceptors (Lipinski definition) is 3. The molecule has 2 aromatic carbocycles. The summed E-state index contributed by atoms with van der Waals surface area (Å²) in [6, 6.07) is 9.02. The van der Waals surface area contributed by atoms with Gasteiger partial charge in [0.1, 0.15) is 17.7 Å². The van der Waals surface area contributed by atoms with Crippen molar-refractivity contribution in [2.75, 3.05) is 10.2 Å². The van der Waals surface area contributed by atoms with Crippen LogP contribution in [0.25, 0.3) is 0 Å². The van der Waals surface area contributed by atoms with E-state index in [1.807, 2.05) is 0 Å². The molecular formula is C22H21F2N3O3. The van der Waals surface area contributed by atoms with Crippen LogP contribution < -0.4 is 10.2 Å². The zero-order valence-electron chi connectivity index (χ0n) is 16.2. The fraction of sp³-hybridized carbons (Fsp3) is 0.318. The second-order valence-corrected chi connectivity index (χ2v) is 7.56. The Morgan fingerprint density at radius 3 is 2.33 bits per heavy atom. The Hall–Kier alpha value is -3.29. The molecule has 1 heterocycles. The highest BCUT2D eigenvalue weighted by Crippen LogP contribution is 2.34. The lowest BCUT2D eigenvalue weighted by atomic mass is 10.1. The smallest absolute Gasteiger partial charge is 0.326 e. The third kappa shape index (κ3) is 3.90. The van der Waals surface area contributed by atoms with E-state index in [9.17, 15) is 23.2 Å². The average molecular weight is 413 g/mol. The minimum atomic E-state index is -0.988. The molecule has 0 aromatic heterocycles. The van der Waals surface area contributed by atoms with Gasteiger partial charge in [-0.05, 0) is 49.2 Å². The number of urea groups is 1. The summed E-state index contributed by atoms with van der Waals surface area (Å²) in [5, 5.41) is 2.57. The van der Waals surface area contributed by atoms with Crippen LogP contribution in [0.15, 0.2) is 48.5 Å². The number of halogens is 2. The highest BCUT2D eigenvalue weighted by atomic mass is 19.1. The molecule has 1 saturated carbocycles. The number of carbonyl (C=O) groups excluding carboxylic acids is 3. The van der Waals surface area contributed by atoms with Gasteiger partial charge in [0, 0.05) is 11.7 Å². The standard InChI is InChI=1S/C22H21F2N3O3/c23-14-5-3-7-16(11-14)25-20(28)13-19-21(29)27(18-10-4-6-15(24)12-18)22(30)26(19)17-8-1-2-9-17/h3-7,10-12,17,19H,1-2,8-9,13H2,(H,25,28)/t19-/m1/s1. The van der Waals surface area contributed by atoms with Crippen LogP contribution >= 0.6 is 0 Å². The third-order valence-corrected chi connectivity index (χ3v) is 5.53. The van der Waals surface area contributed by atoms with E-state index < -0.39 is 35.5 Å². The number of nitrogens with one attached hydrogen (secondary N) is 1. The zero-order valence-corrected chi connectivity index (χ0v) is 16.2. The lowest BCUT2D eigenvalue weighted by molar-refractivity contribution is -0.124. The molecule has 4 rings (SSSR count). The second kappa shape index (κ2) is 8.22. The fourth-order valence-electron chi connectivity index (χ4n) is 4.20. The molecule has 0 bridgehead atoms. The van der Waals surface area contributed by atoms with E-state index in [1.54, 1.807) is 0 Å². The van der Waals surface area contributed by atoms with Crippen molar-refractivity contribution < 1.29 is 23.2 Å². The van der Waals surface area contributed by atoms with Gasteiger partial charge in [-0.1, -0.05) is 25.0 Å². The molecule has 4 amide bonds. The number of hydrogen-bond donors (Lipinski definition) is 1. The molecule has 1 atom stereocenters. The third-order valence-electron chi connectivity index (χ3n) is 5.53. The number of rotatable bonds is 5. The maximum absolute atomic E-state index is 13.7. The molecule has 2 aromatic rings. The van der Waals surface area contributed by atoms with Crippen LogP contribution in [-0.4, -0.2) is 34.8 Å². The summed E-state index contributed by atoms with van der Waals surface area (Å²) >= 11 is 0. The second-order valence-electron chi connectivity index (χ2n) is 7.56. The van der Waals surface area contributed by atoms with Crippen LogP contribution in [0.2, 0.25) is 0 Å². The van der Waals surface area contributed by atoms with Gasteiger partial charge in [0.2, 0.25) is 5.91 Å². The van der Waals surface area contributed by atoms with Gasteiger partial charge in [-0.25, -0.2) is 18.5 Å².